The number of hydrogen-bond donors (Lipinski definition) is 4. The molecule has 0 spiro atoms. The second kappa shape index (κ2) is 11.5. The minimum atomic E-state index is -1.24. The second-order valence-corrected chi connectivity index (χ2v) is 12.6. The number of anilines is 2. The standard InChI is InChI=1S/C24H34BrN5O5S/c1-14(31)26-19-28-17(18(25)36-19)13-10-15-8-11-16(12-9-15)27-20(29(21(32)33)23(2,3)4)30(22(34)35)24(5,6)7/h8-9,11-12,20,27H,10,13H2,1-7H3,(H,32,33)(H,34,35)(H,26,28,31). The molecule has 0 aliphatic rings. The smallest absolute Gasteiger partial charge is 0.410 e. The minimum absolute atomic E-state index is 0.176. The van der Waals surface area contributed by atoms with Crippen LogP contribution in [0.5, 0.6) is 0 Å². The van der Waals surface area contributed by atoms with Crippen LogP contribution in [-0.2, 0) is 17.6 Å². The van der Waals surface area contributed by atoms with Gasteiger partial charge in [0.1, 0.15) is 0 Å². The number of carbonyl (C=O) groups is 3. The molecule has 0 radical (unpaired) electrons. The molecule has 1 aromatic heterocycles. The van der Waals surface area contributed by atoms with Crippen molar-refractivity contribution in [2.24, 2.45) is 0 Å². The molecule has 1 aromatic carbocycles. The Morgan fingerprint density at radius 1 is 0.972 bits per heavy atom. The molecule has 36 heavy (non-hydrogen) atoms. The summed E-state index contributed by atoms with van der Waals surface area (Å²) in [4.78, 5) is 42.4. The molecule has 0 aliphatic carbocycles. The number of aromatic nitrogens is 1. The Kier molecular flexibility index (Phi) is 9.35. The number of amides is 3. The summed E-state index contributed by atoms with van der Waals surface area (Å²) in [5.41, 5.74) is 0.696. The highest BCUT2D eigenvalue weighted by Crippen LogP contribution is 2.30. The summed E-state index contributed by atoms with van der Waals surface area (Å²) in [5, 5.41) is 26.3. The SMILES string of the molecule is CC(=O)Nc1nc(CCc2ccc(NC(N(C(=O)O)C(C)(C)C)N(C(=O)O)C(C)(C)C)cc2)c(Br)s1. The molecule has 12 heteroatoms. The van der Waals surface area contributed by atoms with Crippen LogP contribution in [0, 0.1) is 0 Å². The largest absolute Gasteiger partial charge is 0.465 e. The predicted octanol–water partition coefficient (Wildman–Crippen LogP) is 5.90. The quantitative estimate of drug-likeness (QED) is 0.284. The molecule has 198 valence electrons. The van der Waals surface area contributed by atoms with Gasteiger partial charge in [0.2, 0.25) is 5.91 Å². The van der Waals surface area contributed by atoms with Gasteiger partial charge in [-0.2, -0.15) is 0 Å². The van der Waals surface area contributed by atoms with Crippen molar-refractivity contribution in [2.75, 3.05) is 10.6 Å². The van der Waals surface area contributed by atoms with Crippen LogP contribution in [0.1, 0.15) is 59.7 Å². The first kappa shape index (κ1) is 29.4. The number of nitrogens with zero attached hydrogens (tertiary/aromatic N) is 3. The van der Waals surface area contributed by atoms with Crippen LogP contribution in [0.15, 0.2) is 28.1 Å². The number of rotatable bonds is 8. The summed E-state index contributed by atoms with van der Waals surface area (Å²) in [5.74, 6) is -0.176. The lowest BCUT2D eigenvalue weighted by molar-refractivity contribution is -0.114. The van der Waals surface area contributed by atoms with Gasteiger partial charge in [0, 0.05) is 23.7 Å². The van der Waals surface area contributed by atoms with E-state index in [-0.39, 0.29) is 5.91 Å². The number of aryl methyl sites for hydroxylation is 2. The first-order valence-corrected chi connectivity index (χ1v) is 12.9. The van der Waals surface area contributed by atoms with Gasteiger partial charge in [-0.1, -0.05) is 23.5 Å². The van der Waals surface area contributed by atoms with E-state index in [0.717, 1.165) is 24.8 Å². The maximum absolute atomic E-state index is 12.2. The number of hydrogen-bond acceptors (Lipinski definition) is 6. The monoisotopic (exact) mass is 583 g/mol. The summed E-state index contributed by atoms with van der Waals surface area (Å²) in [6, 6.07) is 7.40. The molecule has 0 bridgehead atoms. The van der Waals surface area contributed by atoms with Crippen molar-refractivity contribution in [1.82, 2.24) is 14.8 Å². The molecule has 0 saturated heterocycles. The second-order valence-electron chi connectivity index (χ2n) is 10.3. The Hall–Kier alpha value is -2.86. The van der Waals surface area contributed by atoms with Crippen molar-refractivity contribution < 1.29 is 24.6 Å². The van der Waals surface area contributed by atoms with E-state index >= 15 is 0 Å². The third kappa shape index (κ3) is 7.82. The fourth-order valence-corrected chi connectivity index (χ4v) is 5.16. The summed E-state index contributed by atoms with van der Waals surface area (Å²) < 4.78 is 0.860. The average Bonchev–Trinajstić information content (AvgIpc) is 3.02. The van der Waals surface area contributed by atoms with E-state index in [0.29, 0.717) is 23.7 Å². The van der Waals surface area contributed by atoms with Crippen LogP contribution in [0.25, 0.3) is 0 Å². The summed E-state index contributed by atoms with van der Waals surface area (Å²) >= 11 is 4.85. The van der Waals surface area contributed by atoms with E-state index in [4.69, 9.17) is 0 Å². The van der Waals surface area contributed by atoms with Crippen LogP contribution in [0.2, 0.25) is 0 Å². The molecule has 0 unspecified atom stereocenters. The maximum atomic E-state index is 12.2. The molecular formula is C24H34BrN5O5S. The Balaban J connectivity index is 2.26. The van der Waals surface area contributed by atoms with Gasteiger partial charge in [0.25, 0.3) is 0 Å². The Morgan fingerprint density at radius 3 is 1.89 bits per heavy atom. The summed E-state index contributed by atoms with van der Waals surface area (Å²) in [6.45, 7) is 11.7. The Morgan fingerprint density at radius 2 is 1.47 bits per heavy atom. The van der Waals surface area contributed by atoms with Gasteiger partial charge in [0.15, 0.2) is 11.4 Å². The van der Waals surface area contributed by atoms with Gasteiger partial charge in [-0.3, -0.25) is 14.6 Å². The number of thiazole rings is 1. The topological polar surface area (TPSA) is 135 Å². The van der Waals surface area contributed by atoms with Gasteiger partial charge in [-0.05, 0) is 88.0 Å². The number of carboxylic acid groups (broad SMARTS) is 2. The zero-order chi connectivity index (χ0) is 27.4. The van der Waals surface area contributed by atoms with Crippen molar-refractivity contribution >= 4 is 56.2 Å². The van der Waals surface area contributed by atoms with Crippen molar-refractivity contribution in [3.8, 4) is 0 Å². The van der Waals surface area contributed by atoms with Crippen molar-refractivity contribution in [2.45, 2.75) is 78.7 Å². The molecule has 0 atom stereocenters. The highest BCUT2D eigenvalue weighted by atomic mass is 79.9. The number of halogens is 1. The van der Waals surface area contributed by atoms with E-state index in [2.05, 4.69) is 31.5 Å². The highest BCUT2D eigenvalue weighted by Gasteiger charge is 2.43. The van der Waals surface area contributed by atoms with E-state index in [1.165, 1.54) is 18.3 Å². The van der Waals surface area contributed by atoms with Gasteiger partial charge in [0.05, 0.1) is 9.48 Å². The van der Waals surface area contributed by atoms with Crippen LogP contribution in [0.4, 0.5) is 20.4 Å². The zero-order valence-corrected chi connectivity index (χ0v) is 24.0. The molecule has 1 heterocycles. The van der Waals surface area contributed by atoms with Crippen LogP contribution in [0.3, 0.4) is 0 Å². The molecule has 0 saturated carbocycles. The molecule has 4 N–H and O–H groups in total. The van der Waals surface area contributed by atoms with E-state index in [1.54, 1.807) is 53.7 Å². The lowest BCUT2D eigenvalue weighted by atomic mass is 10.0. The van der Waals surface area contributed by atoms with Gasteiger partial charge in [-0.25, -0.2) is 14.6 Å². The Bertz CT molecular complexity index is 1060. The molecule has 2 rings (SSSR count). The molecular weight excluding hydrogens is 550 g/mol. The molecule has 2 aromatic rings. The lowest BCUT2D eigenvalue weighted by Gasteiger charge is -2.48. The lowest BCUT2D eigenvalue weighted by Crippen LogP contribution is -2.66. The van der Waals surface area contributed by atoms with Crippen LogP contribution in [-0.4, -0.2) is 60.5 Å². The number of carbonyl (C=O) groups excluding carboxylic acids is 1. The average molecular weight is 585 g/mol. The molecule has 10 nitrogen and oxygen atoms in total. The number of benzene rings is 1. The molecule has 0 aliphatic heterocycles. The van der Waals surface area contributed by atoms with E-state index in [1.807, 2.05) is 12.1 Å². The van der Waals surface area contributed by atoms with Gasteiger partial charge < -0.3 is 20.8 Å². The number of nitrogens with one attached hydrogen (secondary N) is 2. The fraction of sp³-hybridized carbons (Fsp3) is 0.500. The third-order valence-electron chi connectivity index (χ3n) is 5.18. The highest BCUT2D eigenvalue weighted by molar-refractivity contribution is 9.11. The first-order chi connectivity index (χ1) is 16.5. The predicted molar refractivity (Wildman–Crippen MR) is 145 cm³/mol. The van der Waals surface area contributed by atoms with Crippen molar-refractivity contribution in [3.05, 3.63) is 39.3 Å². The van der Waals surface area contributed by atoms with Crippen LogP contribution >= 0.6 is 27.3 Å². The van der Waals surface area contributed by atoms with Gasteiger partial charge in [-0.15, -0.1) is 0 Å². The molecule has 0 fully saturated rings. The van der Waals surface area contributed by atoms with Gasteiger partial charge >= 0.3 is 12.2 Å². The van der Waals surface area contributed by atoms with E-state index in [9.17, 15) is 24.6 Å². The normalized spacial score (nSPS) is 11.8. The molecule has 3 amide bonds. The van der Waals surface area contributed by atoms with Crippen LogP contribution < -0.4 is 10.6 Å². The van der Waals surface area contributed by atoms with Crippen molar-refractivity contribution in [3.63, 3.8) is 0 Å². The summed E-state index contributed by atoms with van der Waals surface area (Å²) in [6.07, 6.45) is -2.29. The Labute approximate surface area is 223 Å². The van der Waals surface area contributed by atoms with E-state index < -0.39 is 29.6 Å². The van der Waals surface area contributed by atoms with Crippen molar-refractivity contribution in [1.29, 1.82) is 0 Å². The summed E-state index contributed by atoms with van der Waals surface area (Å²) in [7, 11) is 0. The minimum Gasteiger partial charge on any atom is -0.465 e. The first-order valence-electron chi connectivity index (χ1n) is 11.3. The fourth-order valence-electron chi connectivity index (χ4n) is 3.63. The maximum Gasteiger partial charge on any atom is 0.410 e. The zero-order valence-electron chi connectivity index (χ0n) is 21.5. The third-order valence-corrected chi connectivity index (χ3v) is 6.92.